The average Bonchev–Trinajstić information content (AvgIpc) is 3.75. The summed E-state index contributed by atoms with van der Waals surface area (Å²) in [5, 5.41) is 0. The van der Waals surface area contributed by atoms with Crippen molar-refractivity contribution < 1.29 is 16.8 Å². The first-order chi connectivity index (χ1) is 29.5. The summed E-state index contributed by atoms with van der Waals surface area (Å²) < 4.78 is 52.8. The Morgan fingerprint density at radius 2 is 0.738 bits per heavy atom. The van der Waals surface area contributed by atoms with Crippen molar-refractivity contribution in [3.05, 3.63) is 228 Å². The van der Waals surface area contributed by atoms with Gasteiger partial charge in [-0.2, -0.15) is 0 Å². The lowest BCUT2D eigenvalue weighted by Gasteiger charge is -2.25. The lowest BCUT2D eigenvalue weighted by Crippen LogP contribution is -2.09. The zero-order chi connectivity index (χ0) is 42.4. The molecule has 0 fully saturated rings. The SMILES string of the molecule is CS(=O)(=O)C(=Cc1ccc(-c2ccc(C=C(c3ccc(N(c4ccccc4)c4ccccc4)cc3)S(C)(=O)=O)s2)cc1)c1ccc(N(c2ccccc2)c2ccccc2)cc1. The van der Waals surface area contributed by atoms with Gasteiger partial charge >= 0.3 is 0 Å². The largest absolute Gasteiger partial charge is 0.311 e. The Hall–Kier alpha value is -6.78. The molecule has 0 aliphatic rings. The number of hydrogen-bond acceptors (Lipinski definition) is 7. The van der Waals surface area contributed by atoms with Crippen molar-refractivity contribution in [3.8, 4) is 10.4 Å². The van der Waals surface area contributed by atoms with Crippen LogP contribution in [0.1, 0.15) is 21.6 Å². The van der Waals surface area contributed by atoms with Gasteiger partial charge in [-0.15, -0.1) is 11.3 Å². The summed E-state index contributed by atoms with van der Waals surface area (Å²) in [7, 11) is -7.20. The molecule has 7 aromatic carbocycles. The summed E-state index contributed by atoms with van der Waals surface area (Å²) >= 11 is 1.48. The van der Waals surface area contributed by atoms with Crippen LogP contribution in [0.2, 0.25) is 0 Å². The second kappa shape index (κ2) is 17.8. The van der Waals surface area contributed by atoms with Gasteiger partial charge in [0, 0.05) is 56.4 Å². The summed E-state index contributed by atoms with van der Waals surface area (Å²) in [5.41, 5.74) is 8.63. The Balaban J connectivity index is 1.04. The minimum atomic E-state index is -3.60. The van der Waals surface area contributed by atoms with E-state index in [1.807, 2.05) is 206 Å². The Morgan fingerprint density at radius 3 is 1.10 bits per heavy atom. The van der Waals surface area contributed by atoms with Crippen LogP contribution >= 0.6 is 11.3 Å². The molecule has 9 heteroatoms. The minimum Gasteiger partial charge on any atom is -0.311 e. The molecule has 0 N–H and O–H groups in total. The van der Waals surface area contributed by atoms with Crippen LogP contribution in [0, 0.1) is 0 Å². The molecule has 8 rings (SSSR count). The van der Waals surface area contributed by atoms with Gasteiger partial charge in [-0.1, -0.05) is 121 Å². The molecule has 0 saturated heterocycles. The van der Waals surface area contributed by atoms with Crippen molar-refractivity contribution in [1.82, 2.24) is 0 Å². The molecular weight excluding hydrogens is 813 g/mol. The predicted molar refractivity (Wildman–Crippen MR) is 257 cm³/mol. The predicted octanol–water partition coefficient (Wildman–Crippen LogP) is 13.4. The number of thiophene rings is 1. The highest BCUT2D eigenvalue weighted by atomic mass is 32.2. The molecular formula is C52H42N2O4S3. The molecule has 8 aromatic rings. The first-order valence-electron chi connectivity index (χ1n) is 19.6. The highest BCUT2D eigenvalue weighted by Crippen LogP contribution is 2.38. The molecule has 1 heterocycles. The van der Waals surface area contributed by atoms with Crippen molar-refractivity contribution in [2.45, 2.75) is 0 Å². The molecule has 302 valence electrons. The highest BCUT2D eigenvalue weighted by Gasteiger charge is 2.19. The average molecular weight is 855 g/mol. The summed E-state index contributed by atoms with van der Waals surface area (Å²) in [6.45, 7) is 0. The van der Waals surface area contributed by atoms with Gasteiger partial charge in [-0.3, -0.25) is 0 Å². The van der Waals surface area contributed by atoms with Crippen LogP contribution in [-0.4, -0.2) is 29.3 Å². The van der Waals surface area contributed by atoms with Gasteiger partial charge in [0.2, 0.25) is 0 Å². The smallest absolute Gasteiger partial charge is 0.176 e. The van der Waals surface area contributed by atoms with E-state index in [2.05, 4.69) is 9.80 Å². The molecule has 0 aliphatic heterocycles. The van der Waals surface area contributed by atoms with E-state index in [1.54, 1.807) is 12.2 Å². The van der Waals surface area contributed by atoms with Crippen LogP contribution in [0.15, 0.2) is 206 Å². The number of anilines is 6. The van der Waals surface area contributed by atoms with E-state index in [-0.39, 0.29) is 9.81 Å². The fourth-order valence-corrected chi connectivity index (χ4v) is 10.0. The summed E-state index contributed by atoms with van der Waals surface area (Å²) in [6, 6.07) is 66.9. The van der Waals surface area contributed by atoms with Gasteiger partial charge in [0.05, 0.1) is 9.81 Å². The molecule has 0 aliphatic carbocycles. The topological polar surface area (TPSA) is 74.8 Å². The van der Waals surface area contributed by atoms with Gasteiger partial charge in [-0.25, -0.2) is 16.8 Å². The molecule has 6 nitrogen and oxygen atoms in total. The fourth-order valence-electron chi connectivity index (χ4n) is 7.17. The molecule has 0 spiro atoms. The number of benzene rings is 7. The van der Waals surface area contributed by atoms with E-state index in [4.69, 9.17) is 0 Å². The normalized spacial score (nSPS) is 12.2. The third-order valence-corrected chi connectivity index (χ3v) is 13.5. The number of nitrogens with zero attached hydrogens (tertiary/aromatic N) is 2. The van der Waals surface area contributed by atoms with Crippen LogP contribution in [0.25, 0.3) is 32.4 Å². The van der Waals surface area contributed by atoms with Gasteiger partial charge in [0.15, 0.2) is 19.7 Å². The maximum atomic E-state index is 13.2. The van der Waals surface area contributed by atoms with Gasteiger partial charge in [-0.05, 0) is 119 Å². The van der Waals surface area contributed by atoms with Crippen molar-refractivity contribution in [2.24, 2.45) is 0 Å². The third-order valence-electron chi connectivity index (χ3n) is 10.1. The number of sulfone groups is 2. The Morgan fingerprint density at radius 1 is 0.393 bits per heavy atom. The van der Waals surface area contributed by atoms with Gasteiger partial charge < -0.3 is 9.80 Å². The molecule has 0 amide bonds. The lowest BCUT2D eigenvalue weighted by atomic mass is 10.1. The Bertz CT molecular complexity index is 2940. The van der Waals surface area contributed by atoms with Crippen LogP contribution in [-0.2, 0) is 19.7 Å². The standard InChI is InChI=1S/C52H42N2O4S3/c1-60(55,56)51(41-27-31-47(32-28-41)53(43-15-7-3-8-16-43)44-17-9-4-10-18-44)37-39-23-25-40(26-24-39)50-36-35-49(59-50)38-52(61(2,57)58)42-29-33-48(34-30-42)54(45-19-11-5-12-20-45)46-21-13-6-14-22-46/h3-38H,1-2H3. The summed E-state index contributed by atoms with van der Waals surface area (Å²) in [5.74, 6) is 0. The van der Waals surface area contributed by atoms with Crippen molar-refractivity contribution in [1.29, 1.82) is 0 Å². The van der Waals surface area contributed by atoms with E-state index in [0.29, 0.717) is 11.1 Å². The molecule has 1 aromatic heterocycles. The van der Waals surface area contributed by atoms with Crippen molar-refractivity contribution in [2.75, 3.05) is 22.3 Å². The van der Waals surface area contributed by atoms with Crippen molar-refractivity contribution >= 4 is 87.1 Å². The fraction of sp³-hybridized carbons (Fsp3) is 0.0385. The summed E-state index contributed by atoms with van der Waals surface area (Å²) in [6.07, 6.45) is 5.89. The lowest BCUT2D eigenvalue weighted by molar-refractivity contribution is 0.609. The molecule has 0 saturated carbocycles. The van der Waals surface area contributed by atoms with Crippen LogP contribution in [0.4, 0.5) is 34.1 Å². The second-order valence-electron chi connectivity index (χ2n) is 14.5. The van der Waals surface area contributed by atoms with Crippen LogP contribution in [0.3, 0.4) is 0 Å². The maximum Gasteiger partial charge on any atom is 0.176 e. The van der Waals surface area contributed by atoms with Gasteiger partial charge in [0.1, 0.15) is 0 Å². The Kier molecular flexibility index (Phi) is 12.0. The van der Waals surface area contributed by atoms with E-state index in [0.717, 1.165) is 55.0 Å². The third kappa shape index (κ3) is 9.66. The van der Waals surface area contributed by atoms with Crippen molar-refractivity contribution in [3.63, 3.8) is 0 Å². The molecule has 0 radical (unpaired) electrons. The quantitative estimate of drug-likeness (QED) is 0.108. The Labute approximate surface area is 362 Å². The number of hydrogen-bond donors (Lipinski definition) is 0. The molecule has 0 unspecified atom stereocenters. The summed E-state index contributed by atoms with van der Waals surface area (Å²) in [4.78, 5) is 6.45. The van der Waals surface area contributed by atoms with E-state index in [9.17, 15) is 16.8 Å². The first kappa shape index (κ1) is 41.0. The molecule has 61 heavy (non-hydrogen) atoms. The van der Waals surface area contributed by atoms with E-state index in [1.165, 1.54) is 23.8 Å². The molecule has 0 atom stereocenters. The first-order valence-corrected chi connectivity index (χ1v) is 24.2. The highest BCUT2D eigenvalue weighted by molar-refractivity contribution is 8.00. The number of rotatable bonds is 13. The maximum absolute atomic E-state index is 13.2. The number of para-hydroxylation sites is 4. The van der Waals surface area contributed by atoms with E-state index < -0.39 is 19.7 Å². The van der Waals surface area contributed by atoms with Crippen LogP contribution in [0.5, 0.6) is 0 Å². The molecule has 0 bridgehead atoms. The van der Waals surface area contributed by atoms with Gasteiger partial charge in [0.25, 0.3) is 0 Å². The monoisotopic (exact) mass is 854 g/mol. The zero-order valence-corrected chi connectivity index (χ0v) is 36.0. The minimum absolute atomic E-state index is 0.218. The van der Waals surface area contributed by atoms with E-state index >= 15 is 0 Å². The van der Waals surface area contributed by atoms with Crippen LogP contribution < -0.4 is 9.80 Å². The zero-order valence-electron chi connectivity index (χ0n) is 33.5. The second-order valence-corrected chi connectivity index (χ2v) is 19.6.